The average molecular weight is 424 g/mol. The Bertz CT molecular complexity index is 1040. The van der Waals surface area contributed by atoms with Gasteiger partial charge in [0, 0.05) is 37.1 Å². The molecule has 4 rings (SSSR count). The first-order chi connectivity index (χ1) is 14.6. The van der Waals surface area contributed by atoms with E-state index in [1.165, 1.54) is 23.5 Å². The predicted octanol–water partition coefficient (Wildman–Crippen LogP) is 3.87. The minimum Gasteiger partial charge on any atom is -0.341 e. The highest BCUT2D eigenvalue weighted by Gasteiger charge is 2.24. The van der Waals surface area contributed by atoms with E-state index >= 15 is 0 Å². The molecule has 1 aromatic heterocycles. The van der Waals surface area contributed by atoms with Crippen LogP contribution in [0.2, 0.25) is 0 Å². The van der Waals surface area contributed by atoms with Crippen molar-refractivity contribution in [2.75, 3.05) is 26.2 Å². The quantitative estimate of drug-likeness (QED) is 0.640. The number of benzene rings is 2. The van der Waals surface area contributed by atoms with Gasteiger partial charge in [0.1, 0.15) is 10.8 Å². The Morgan fingerprint density at radius 3 is 2.43 bits per heavy atom. The van der Waals surface area contributed by atoms with Gasteiger partial charge in [0.05, 0.1) is 17.7 Å². The molecule has 5 nitrogen and oxygen atoms in total. The van der Waals surface area contributed by atoms with Gasteiger partial charge in [-0.15, -0.1) is 11.3 Å². The van der Waals surface area contributed by atoms with Crippen LogP contribution in [0, 0.1) is 5.82 Å². The molecule has 0 aliphatic carbocycles. The lowest BCUT2D eigenvalue weighted by Gasteiger charge is -2.22. The third kappa shape index (κ3) is 4.57. The van der Waals surface area contributed by atoms with Gasteiger partial charge in [-0.3, -0.25) is 9.59 Å². The summed E-state index contributed by atoms with van der Waals surface area (Å²) >= 11 is 1.53. The van der Waals surface area contributed by atoms with Crippen molar-refractivity contribution >= 4 is 23.2 Å². The molecule has 2 aromatic carbocycles. The molecule has 0 radical (unpaired) electrons. The van der Waals surface area contributed by atoms with Crippen LogP contribution in [0.3, 0.4) is 0 Å². The van der Waals surface area contributed by atoms with Gasteiger partial charge >= 0.3 is 0 Å². The zero-order valence-corrected chi connectivity index (χ0v) is 17.3. The van der Waals surface area contributed by atoms with Gasteiger partial charge in [0.25, 0.3) is 5.91 Å². The molecule has 30 heavy (non-hydrogen) atoms. The molecule has 1 aliphatic rings. The number of aromatic nitrogens is 1. The van der Waals surface area contributed by atoms with Gasteiger partial charge in [-0.2, -0.15) is 0 Å². The number of amides is 2. The molecule has 0 bridgehead atoms. The molecule has 0 saturated carbocycles. The summed E-state index contributed by atoms with van der Waals surface area (Å²) in [5.41, 5.74) is 1.87. The van der Waals surface area contributed by atoms with Crippen LogP contribution in [0.15, 0.2) is 60.0 Å². The highest BCUT2D eigenvalue weighted by Crippen LogP contribution is 2.23. The summed E-state index contributed by atoms with van der Waals surface area (Å²) in [7, 11) is 0. The maximum absolute atomic E-state index is 14.0. The van der Waals surface area contributed by atoms with Crippen LogP contribution in [0.25, 0.3) is 10.6 Å². The first kappa shape index (κ1) is 20.2. The van der Waals surface area contributed by atoms with Crippen molar-refractivity contribution < 1.29 is 14.0 Å². The number of rotatable bonds is 4. The lowest BCUT2D eigenvalue weighted by atomic mass is 10.2. The Morgan fingerprint density at radius 2 is 1.63 bits per heavy atom. The van der Waals surface area contributed by atoms with Crippen molar-refractivity contribution in [3.8, 4) is 10.6 Å². The van der Waals surface area contributed by atoms with Crippen LogP contribution in [-0.4, -0.2) is 52.8 Å². The fourth-order valence-corrected chi connectivity index (χ4v) is 4.37. The van der Waals surface area contributed by atoms with E-state index in [0.717, 1.165) is 16.3 Å². The molecule has 2 heterocycles. The SMILES string of the molecule is O=C(Cc1csc(-c2ccccc2)n1)N1CCCN(C(=O)c2ccccc2F)CC1. The molecule has 1 fully saturated rings. The number of nitrogens with zero attached hydrogens (tertiary/aromatic N) is 3. The molecule has 0 atom stereocenters. The smallest absolute Gasteiger partial charge is 0.256 e. The largest absolute Gasteiger partial charge is 0.341 e. The van der Waals surface area contributed by atoms with Gasteiger partial charge < -0.3 is 9.80 Å². The van der Waals surface area contributed by atoms with E-state index in [9.17, 15) is 14.0 Å². The van der Waals surface area contributed by atoms with Crippen LogP contribution < -0.4 is 0 Å². The van der Waals surface area contributed by atoms with Gasteiger partial charge in [-0.05, 0) is 18.6 Å². The van der Waals surface area contributed by atoms with Crippen molar-refractivity contribution in [2.24, 2.45) is 0 Å². The van der Waals surface area contributed by atoms with Gasteiger partial charge in [-0.1, -0.05) is 42.5 Å². The Balaban J connectivity index is 1.36. The molecule has 3 aromatic rings. The van der Waals surface area contributed by atoms with Gasteiger partial charge in [-0.25, -0.2) is 9.37 Å². The minimum atomic E-state index is -0.516. The number of halogens is 1. The maximum Gasteiger partial charge on any atom is 0.256 e. The van der Waals surface area contributed by atoms with E-state index in [0.29, 0.717) is 32.6 Å². The maximum atomic E-state index is 14.0. The second-order valence-electron chi connectivity index (χ2n) is 7.19. The van der Waals surface area contributed by atoms with E-state index in [2.05, 4.69) is 4.98 Å². The molecular weight excluding hydrogens is 401 g/mol. The zero-order chi connectivity index (χ0) is 20.9. The summed E-state index contributed by atoms with van der Waals surface area (Å²) in [5, 5.41) is 2.82. The van der Waals surface area contributed by atoms with Crippen molar-refractivity contribution in [1.82, 2.24) is 14.8 Å². The average Bonchev–Trinajstić information content (AvgIpc) is 3.09. The van der Waals surface area contributed by atoms with Crippen LogP contribution in [0.5, 0.6) is 0 Å². The topological polar surface area (TPSA) is 53.5 Å². The third-order valence-corrected chi connectivity index (χ3v) is 6.09. The third-order valence-electron chi connectivity index (χ3n) is 5.14. The fraction of sp³-hybridized carbons (Fsp3) is 0.261. The predicted molar refractivity (Wildman–Crippen MR) is 115 cm³/mol. The van der Waals surface area contributed by atoms with E-state index < -0.39 is 5.82 Å². The molecule has 1 saturated heterocycles. The molecule has 154 valence electrons. The molecule has 1 aliphatic heterocycles. The Labute approximate surface area is 178 Å². The molecule has 2 amide bonds. The number of carbonyl (C=O) groups is 2. The van der Waals surface area contributed by atoms with Crippen LogP contribution in [0.4, 0.5) is 4.39 Å². The second-order valence-corrected chi connectivity index (χ2v) is 8.05. The minimum absolute atomic E-state index is 0.0000947. The molecule has 0 unspecified atom stereocenters. The monoisotopic (exact) mass is 423 g/mol. The summed E-state index contributed by atoms with van der Waals surface area (Å²) in [5.74, 6) is -0.841. The van der Waals surface area contributed by atoms with Crippen molar-refractivity contribution in [1.29, 1.82) is 0 Å². The molecule has 0 N–H and O–H groups in total. The normalized spacial score (nSPS) is 14.4. The van der Waals surface area contributed by atoms with Crippen LogP contribution >= 0.6 is 11.3 Å². The van der Waals surface area contributed by atoms with E-state index in [1.807, 2.05) is 35.7 Å². The molecule has 7 heteroatoms. The number of hydrogen-bond donors (Lipinski definition) is 0. The second kappa shape index (κ2) is 9.17. The summed E-state index contributed by atoms with van der Waals surface area (Å²) < 4.78 is 14.0. The first-order valence-electron chi connectivity index (χ1n) is 9.93. The Morgan fingerprint density at radius 1 is 0.933 bits per heavy atom. The summed E-state index contributed by atoms with van der Waals surface area (Å²) in [6.45, 7) is 1.92. The highest BCUT2D eigenvalue weighted by molar-refractivity contribution is 7.13. The van der Waals surface area contributed by atoms with E-state index in [1.54, 1.807) is 21.9 Å². The van der Waals surface area contributed by atoms with E-state index in [4.69, 9.17) is 0 Å². The Hall–Kier alpha value is -3.06. The Kier molecular flexibility index (Phi) is 6.18. The first-order valence-corrected chi connectivity index (χ1v) is 10.8. The highest BCUT2D eigenvalue weighted by atomic mass is 32.1. The summed E-state index contributed by atoms with van der Waals surface area (Å²) in [6, 6.07) is 15.9. The van der Waals surface area contributed by atoms with Gasteiger partial charge in [0.15, 0.2) is 0 Å². The number of thiazole rings is 1. The van der Waals surface area contributed by atoms with Crippen molar-refractivity contribution in [3.05, 3.63) is 77.1 Å². The van der Waals surface area contributed by atoms with Crippen molar-refractivity contribution in [3.63, 3.8) is 0 Å². The lowest BCUT2D eigenvalue weighted by molar-refractivity contribution is -0.130. The molecular formula is C23H22FN3O2S. The summed E-state index contributed by atoms with van der Waals surface area (Å²) in [6.07, 6.45) is 0.906. The standard InChI is InChI=1S/C23H22FN3O2S/c24-20-10-5-4-9-19(20)23(29)27-12-6-11-26(13-14-27)21(28)15-18-16-30-22(25-18)17-7-2-1-3-8-17/h1-5,7-10,16H,6,11-15H2. The fourth-order valence-electron chi connectivity index (χ4n) is 3.54. The number of carbonyl (C=O) groups excluding carboxylic acids is 2. The van der Waals surface area contributed by atoms with Crippen molar-refractivity contribution in [2.45, 2.75) is 12.8 Å². The molecule has 0 spiro atoms. The summed E-state index contributed by atoms with van der Waals surface area (Å²) in [4.78, 5) is 33.4. The van der Waals surface area contributed by atoms with Crippen LogP contribution in [0.1, 0.15) is 22.5 Å². The lowest BCUT2D eigenvalue weighted by Crippen LogP contribution is -2.38. The van der Waals surface area contributed by atoms with Gasteiger partial charge in [0.2, 0.25) is 5.91 Å². The van der Waals surface area contributed by atoms with E-state index in [-0.39, 0.29) is 23.8 Å². The van der Waals surface area contributed by atoms with Crippen LogP contribution in [-0.2, 0) is 11.2 Å². The zero-order valence-electron chi connectivity index (χ0n) is 16.5. The number of hydrogen-bond acceptors (Lipinski definition) is 4.